The molecule has 1 aliphatic heterocycles. The number of benzene rings is 1. The highest BCUT2D eigenvalue weighted by atomic mass is 32.2. The Bertz CT molecular complexity index is 787. The summed E-state index contributed by atoms with van der Waals surface area (Å²) in [7, 11) is -3.23. The monoisotopic (exact) mass is 336 g/mol. The molecule has 23 heavy (non-hydrogen) atoms. The molecule has 2 aromatic rings. The summed E-state index contributed by atoms with van der Waals surface area (Å²) in [4.78, 5) is 2.30. The van der Waals surface area contributed by atoms with Crippen molar-refractivity contribution in [1.29, 1.82) is 0 Å². The minimum atomic E-state index is -3.23. The smallest absolute Gasteiger partial charge is 0.215 e. The molecule has 0 unspecified atom stereocenters. The van der Waals surface area contributed by atoms with E-state index in [2.05, 4.69) is 26.5 Å². The Morgan fingerprint density at radius 1 is 1.43 bits per heavy atom. The standard InChI is InChI=1S/C15H20N4O3S/c1-2-8-23(20,21)16-9-12-6-7-19(10-12)11-13-4-3-5-14-15(13)18-22-17-14/h2-5,12,16H,1,6-11H2/t12-/m1/s1. The van der Waals surface area contributed by atoms with E-state index < -0.39 is 10.0 Å². The Balaban J connectivity index is 1.56. The average Bonchev–Trinajstić information content (AvgIpc) is 3.14. The van der Waals surface area contributed by atoms with Crippen LogP contribution < -0.4 is 4.72 Å². The fourth-order valence-electron chi connectivity index (χ4n) is 2.91. The molecule has 0 radical (unpaired) electrons. The first-order valence-corrected chi connectivity index (χ1v) is 9.23. The van der Waals surface area contributed by atoms with Crippen LogP contribution in [0.4, 0.5) is 0 Å². The van der Waals surface area contributed by atoms with Crippen LogP contribution >= 0.6 is 0 Å². The van der Waals surface area contributed by atoms with Gasteiger partial charge in [0.1, 0.15) is 11.0 Å². The van der Waals surface area contributed by atoms with Crippen molar-refractivity contribution in [2.75, 3.05) is 25.4 Å². The molecule has 1 N–H and O–H groups in total. The molecular weight excluding hydrogens is 316 g/mol. The summed E-state index contributed by atoms with van der Waals surface area (Å²) in [6, 6.07) is 5.84. The van der Waals surface area contributed by atoms with E-state index >= 15 is 0 Å². The third kappa shape index (κ3) is 3.95. The van der Waals surface area contributed by atoms with Gasteiger partial charge >= 0.3 is 0 Å². The van der Waals surface area contributed by atoms with Crippen molar-refractivity contribution in [3.8, 4) is 0 Å². The summed E-state index contributed by atoms with van der Waals surface area (Å²) < 4.78 is 30.7. The summed E-state index contributed by atoms with van der Waals surface area (Å²) >= 11 is 0. The third-order valence-corrected chi connectivity index (χ3v) is 5.34. The van der Waals surface area contributed by atoms with E-state index in [-0.39, 0.29) is 5.75 Å². The quantitative estimate of drug-likeness (QED) is 0.763. The van der Waals surface area contributed by atoms with Crippen molar-refractivity contribution in [3.63, 3.8) is 0 Å². The molecule has 1 saturated heterocycles. The molecule has 1 aromatic carbocycles. The Labute approximate surface area is 135 Å². The molecule has 0 spiro atoms. The Morgan fingerprint density at radius 3 is 3.13 bits per heavy atom. The van der Waals surface area contributed by atoms with Gasteiger partial charge in [0.25, 0.3) is 0 Å². The highest BCUT2D eigenvalue weighted by Gasteiger charge is 2.24. The lowest BCUT2D eigenvalue weighted by molar-refractivity contribution is 0.309. The van der Waals surface area contributed by atoms with Crippen LogP contribution in [-0.4, -0.2) is 49.0 Å². The van der Waals surface area contributed by atoms with Gasteiger partial charge in [-0.3, -0.25) is 4.90 Å². The number of likely N-dealkylation sites (tertiary alicyclic amines) is 1. The van der Waals surface area contributed by atoms with Crippen molar-refractivity contribution >= 4 is 21.1 Å². The lowest BCUT2D eigenvalue weighted by Crippen LogP contribution is -2.32. The van der Waals surface area contributed by atoms with Crippen LogP contribution in [0, 0.1) is 5.92 Å². The summed E-state index contributed by atoms with van der Waals surface area (Å²) in [5, 5.41) is 7.81. The van der Waals surface area contributed by atoms with Crippen LogP contribution in [0.5, 0.6) is 0 Å². The highest BCUT2D eigenvalue weighted by molar-refractivity contribution is 7.89. The molecule has 1 aliphatic rings. The van der Waals surface area contributed by atoms with E-state index in [0.29, 0.717) is 12.5 Å². The predicted molar refractivity (Wildman–Crippen MR) is 87.2 cm³/mol. The zero-order chi connectivity index (χ0) is 16.3. The van der Waals surface area contributed by atoms with Gasteiger partial charge in [-0.1, -0.05) is 18.2 Å². The lowest BCUT2D eigenvalue weighted by atomic mass is 10.1. The summed E-state index contributed by atoms with van der Waals surface area (Å²) in [5.74, 6) is 0.286. The number of hydrogen-bond acceptors (Lipinski definition) is 6. The Kier molecular flexibility index (Phi) is 4.74. The maximum absolute atomic E-state index is 11.7. The predicted octanol–water partition coefficient (Wildman–Crippen LogP) is 1.15. The summed E-state index contributed by atoms with van der Waals surface area (Å²) in [5.41, 5.74) is 2.63. The van der Waals surface area contributed by atoms with Crippen LogP contribution in [0.25, 0.3) is 11.0 Å². The molecule has 8 heteroatoms. The molecule has 7 nitrogen and oxygen atoms in total. The number of fused-ring (bicyclic) bond motifs is 1. The lowest BCUT2D eigenvalue weighted by Gasteiger charge is -2.16. The molecule has 1 aromatic heterocycles. The molecule has 0 amide bonds. The number of sulfonamides is 1. The molecule has 0 aliphatic carbocycles. The first kappa shape index (κ1) is 16.1. The fourth-order valence-corrected chi connectivity index (χ4v) is 3.83. The second kappa shape index (κ2) is 6.77. The Morgan fingerprint density at radius 2 is 2.30 bits per heavy atom. The highest BCUT2D eigenvalue weighted by Crippen LogP contribution is 2.21. The van der Waals surface area contributed by atoms with E-state index in [4.69, 9.17) is 4.63 Å². The topological polar surface area (TPSA) is 88.3 Å². The van der Waals surface area contributed by atoms with Crippen molar-refractivity contribution in [3.05, 3.63) is 36.4 Å². The molecule has 2 heterocycles. The summed E-state index contributed by atoms with van der Waals surface area (Å²) in [6.07, 6.45) is 2.37. The minimum absolute atomic E-state index is 0.0371. The second-order valence-corrected chi connectivity index (χ2v) is 7.71. The van der Waals surface area contributed by atoms with Gasteiger partial charge in [0.2, 0.25) is 10.0 Å². The van der Waals surface area contributed by atoms with E-state index in [1.807, 2.05) is 18.2 Å². The average molecular weight is 336 g/mol. The van der Waals surface area contributed by atoms with E-state index in [9.17, 15) is 8.42 Å². The largest absolute Gasteiger partial charge is 0.299 e. The first-order chi connectivity index (χ1) is 11.1. The van der Waals surface area contributed by atoms with Crippen molar-refractivity contribution in [2.24, 2.45) is 5.92 Å². The van der Waals surface area contributed by atoms with Gasteiger partial charge in [0.05, 0.1) is 5.75 Å². The molecule has 1 atom stereocenters. The molecule has 1 fully saturated rings. The second-order valence-electron chi connectivity index (χ2n) is 5.86. The maximum atomic E-state index is 11.7. The van der Waals surface area contributed by atoms with Gasteiger partial charge in [-0.2, -0.15) is 0 Å². The fraction of sp³-hybridized carbons (Fsp3) is 0.467. The van der Waals surface area contributed by atoms with Gasteiger partial charge in [0, 0.05) is 19.6 Å². The zero-order valence-electron chi connectivity index (χ0n) is 12.8. The van der Waals surface area contributed by atoms with Gasteiger partial charge < -0.3 is 0 Å². The van der Waals surface area contributed by atoms with Gasteiger partial charge in [-0.25, -0.2) is 17.8 Å². The number of nitrogens with one attached hydrogen (secondary N) is 1. The van der Waals surface area contributed by atoms with Crippen LogP contribution in [0.3, 0.4) is 0 Å². The molecule has 0 saturated carbocycles. The SMILES string of the molecule is C=CCS(=O)(=O)NC[C@H]1CCN(Cc2cccc3nonc23)C1. The van der Waals surface area contributed by atoms with E-state index in [0.717, 1.165) is 42.7 Å². The van der Waals surface area contributed by atoms with Crippen LogP contribution in [0.2, 0.25) is 0 Å². The number of rotatable bonds is 7. The van der Waals surface area contributed by atoms with Crippen molar-refractivity contribution in [1.82, 2.24) is 19.9 Å². The van der Waals surface area contributed by atoms with Crippen molar-refractivity contribution < 1.29 is 13.0 Å². The molecular formula is C15H20N4O3S. The van der Waals surface area contributed by atoms with Gasteiger partial charge in [-0.15, -0.1) is 6.58 Å². The minimum Gasteiger partial charge on any atom is -0.299 e. The number of aromatic nitrogens is 2. The van der Waals surface area contributed by atoms with Crippen LogP contribution in [0.15, 0.2) is 35.5 Å². The van der Waals surface area contributed by atoms with Crippen LogP contribution in [-0.2, 0) is 16.6 Å². The van der Waals surface area contributed by atoms with E-state index in [1.54, 1.807) is 0 Å². The van der Waals surface area contributed by atoms with E-state index in [1.165, 1.54) is 6.08 Å². The maximum Gasteiger partial charge on any atom is 0.215 e. The molecule has 0 bridgehead atoms. The summed E-state index contributed by atoms with van der Waals surface area (Å²) in [6.45, 7) is 6.50. The van der Waals surface area contributed by atoms with Gasteiger partial charge in [-0.05, 0) is 40.8 Å². The molecule has 3 rings (SSSR count). The molecule has 124 valence electrons. The third-order valence-electron chi connectivity index (χ3n) is 4.06. The van der Waals surface area contributed by atoms with Crippen molar-refractivity contribution in [2.45, 2.75) is 13.0 Å². The zero-order valence-corrected chi connectivity index (χ0v) is 13.6. The Hall–Kier alpha value is -1.77. The number of nitrogens with zero attached hydrogens (tertiary/aromatic N) is 3. The first-order valence-electron chi connectivity index (χ1n) is 7.58. The number of hydrogen-bond donors (Lipinski definition) is 1. The normalized spacial score (nSPS) is 19.4. The van der Waals surface area contributed by atoms with Gasteiger partial charge in [0.15, 0.2) is 0 Å². The van der Waals surface area contributed by atoms with Crippen LogP contribution in [0.1, 0.15) is 12.0 Å².